The summed E-state index contributed by atoms with van der Waals surface area (Å²) >= 11 is 3.47. The Morgan fingerprint density at radius 1 is 1.30 bits per heavy atom. The molecular weight excluding hydrogens is 326 g/mol. The van der Waals surface area contributed by atoms with Gasteiger partial charge in [0.2, 0.25) is 0 Å². The summed E-state index contributed by atoms with van der Waals surface area (Å²) in [7, 11) is 0. The van der Waals surface area contributed by atoms with E-state index in [0.717, 1.165) is 10.2 Å². The lowest BCUT2D eigenvalue weighted by Gasteiger charge is -2.26. The number of nitrogens with two attached hydrogens (primary N) is 1. The van der Waals surface area contributed by atoms with E-state index < -0.39 is 12.1 Å². The Hall–Kier alpha value is -0.660. The van der Waals surface area contributed by atoms with Gasteiger partial charge in [0, 0.05) is 6.54 Å². The Kier molecular flexibility index (Phi) is 3.77. The second-order valence-corrected chi connectivity index (χ2v) is 6.25. The van der Waals surface area contributed by atoms with Crippen molar-refractivity contribution in [2.24, 2.45) is 5.73 Å². The second-order valence-electron chi connectivity index (χ2n) is 5.39. The van der Waals surface area contributed by atoms with E-state index in [0.29, 0.717) is 6.54 Å². The molecule has 1 aromatic rings. The summed E-state index contributed by atoms with van der Waals surface area (Å²) in [5, 5.41) is 0. The standard InChI is InChI=1S/C14H18BrNO4/c1-14(2)19-12-11(10(7-16)18-13(12)20-14)17-9-6-4-3-5-8(9)15/h3-6,10-13H,7,16H2,1-2H3/t10-,11+,12-,13-/m1/s1. The molecule has 0 aliphatic carbocycles. The van der Waals surface area contributed by atoms with Gasteiger partial charge in [0.25, 0.3) is 0 Å². The Labute approximate surface area is 126 Å². The predicted molar refractivity (Wildman–Crippen MR) is 76.3 cm³/mol. The molecule has 2 aliphatic heterocycles. The van der Waals surface area contributed by atoms with Crippen LogP contribution in [-0.4, -0.2) is 36.9 Å². The minimum absolute atomic E-state index is 0.242. The zero-order chi connectivity index (χ0) is 14.3. The van der Waals surface area contributed by atoms with Crippen LogP contribution in [0.5, 0.6) is 5.75 Å². The number of fused-ring (bicyclic) bond motifs is 1. The summed E-state index contributed by atoms with van der Waals surface area (Å²) in [5.74, 6) is 0.0817. The second kappa shape index (κ2) is 5.27. The largest absolute Gasteiger partial charge is 0.484 e. The summed E-state index contributed by atoms with van der Waals surface area (Å²) in [6.45, 7) is 4.08. The van der Waals surface area contributed by atoms with E-state index in [1.807, 2.05) is 38.1 Å². The fourth-order valence-corrected chi connectivity index (χ4v) is 2.94. The maximum Gasteiger partial charge on any atom is 0.191 e. The summed E-state index contributed by atoms with van der Waals surface area (Å²) < 4.78 is 24.3. The molecule has 1 aromatic carbocycles. The van der Waals surface area contributed by atoms with Gasteiger partial charge in [-0.05, 0) is 41.9 Å². The van der Waals surface area contributed by atoms with Crippen LogP contribution in [0.2, 0.25) is 0 Å². The SMILES string of the molecule is CC1(C)O[C@H]2O[C@H](CN)[C@H](Oc3ccccc3Br)[C@H]2O1. The third-order valence-corrected chi connectivity index (χ3v) is 4.07. The highest BCUT2D eigenvalue weighted by molar-refractivity contribution is 9.10. The van der Waals surface area contributed by atoms with Gasteiger partial charge in [-0.25, -0.2) is 0 Å². The average Bonchev–Trinajstić information content (AvgIpc) is 2.85. The maximum absolute atomic E-state index is 6.06. The summed E-state index contributed by atoms with van der Waals surface area (Å²) in [4.78, 5) is 0. The van der Waals surface area contributed by atoms with Crippen LogP contribution in [-0.2, 0) is 14.2 Å². The molecule has 0 amide bonds. The lowest BCUT2D eigenvalue weighted by Crippen LogP contribution is -2.42. The molecule has 20 heavy (non-hydrogen) atoms. The maximum atomic E-state index is 6.06. The average molecular weight is 344 g/mol. The van der Waals surface area contributed by atoms with Crippen molar-refractivity contribution in [1.29, 1.82) is 0 Å². The fourth-order valence-electron chi connectivity index (χ4n) is 2.57. The van der Waals surface area contributed by atoms with Gasteiger partial charge >= 0.3 is 0 Å². The van der Waals surface area contributed by atoms with Gasteiger partial charge in [-0.1, -0.05) is 12.1 Å². The van der Waals surface area contributed by atoms with Crippen molar-refractivity contribution in [3.8, 4) is 5.75 Å². The smallest absolute Gasteiger partial charge is 0.191 e. The molecule has 2 saturated heterocycles. The van der Waals surface area contributed by atoms with Crippen LogP contribution in [0, 0.1) is 0 Å². The molecule has 0 aromatic heterocycles. The summed E-state index contributed by atoms with van der Waals surface area (Å²) in [6.07, 6.45) is -1.23. The van der Waals surface area contributed by atoms with Gasteiger partial charge in [-0.3, -0.25) is 0 Å². The third kappa shape index (κ3) is 2.58. The molecule has 0 bridgehead atoms. The van der Waals surface area contributed by atoms with Gasteiger partial charge in [0.15, 0.2) is 24.3 Å². The molecule has 3 rings (SSSR count). The lowest BCUT2D eigenvalue weighted by atomic mass is 10.1. The highest BCUT2D eigenvalue weighted by Crippen LogP contribution is 2.39. The minimum Gasteiger partial charge on any atom is -0.484 e. The third-order valence-electron chi connectivity index (χ3n) is 3.42. The van der Waals surface area contributed by atoms with Crippen LogP contribution in [0.4, 0.5) is 0 Å². The highest BCUT2D eigenvalue weighted by Gasteiger charge is 2.55. The Morgan fingerprint density at radius 3 is 2.75 bits per heavy atom. The van der Waals surface area contributed by atoms with Gasteiger partial charge < -0.3 is 24.7 Å². The molecule has 0 spiro atoms. The number of halogens is 1. The van der Waals surface area contributed by atoms with Crippen LogP contribution in [0.15, 0.2) is 28.7 Å². The number of para-hydroxylation sites is 1. The van der Waals surface area contributed by atoms with Crippen LogP contribution in [0.25, 0.3) is 0 Å². The van der Waals surface area contributed by atoms with E-state index in [1.165, 1.54) is 0 Å². The van der Waals surface area contributed by atoms with E-state index >= 15 is 0 Å². The van der Waals surface area contributed by atoms with E-state index in [4.69, 9.17) is 24.7 Å². The van der Waals surface area contributed by atoms with Crippen LogP contribution >= 0.6 is 15.9 Å². The quantitative estimate of drug-likeness (QED) is 0.909. The lowest BCUT2D eigenvalue weighted by molar-refractivity contribution is -0.211. The molecule has 0 unspecified atom stereocenters. The van der Waals surface area contributed by atoms with Gasteiger partial charge in [-0.15, -0.1) is 0 Å². The van der Waals surface area contributed by atoms with Crippen molar-refractivity contribution < 1.29 is 18.9 Å². The van der Waals surface area contributed by atoms with Crippen LogP contribution in [0.3, 0.4) is 0 Å². The monoisotopic (exact) mass is 343 g/mol. The number of ether oxygens (including phenoxy) is 4. The fraction of sp³-hybridized carbons (Fsp3) is 0.571. The van der Waals surface area contributed by atoms with Crippen molar-refractivity contribution in [1.82, 2.24) is 0 Å². The Balaban J connectivity index is 1.81. The molecule has 110 valence electrons. The number of hydrogen-bond acceptors (Lipinski definition) is 5. The van der Waals surface area contributed by atoms with E-state index in [1.54, 1.807) is 0 Å². The predicted octanol–water partition coefficient (Wildman–Crippen LogP) is 2.03. The molecular formula is C14H18BrNO4. The first-order chi connectivity index (χ1) is 9.50. The normalized spacial score (nSPS) is 35.0. The van der Waals surface area contributed by atoms with Crippen molar-refractivity contribution in [2.75, 3.05) is 6.54 Å². The molecule has 2 fully saturated rings. The molecule has 6 heteroatoms. The Bertz CT molecular complexity index is 496. The van der Waals surface area contributed by atoms with Crippen molar-refractivity contribution in [3.05, 3.63) is 28.7 Å². The number of benzene rings is 1. The first kappa shape index (κ1) is 14.3. The van der Waals surface area contributed by atoms with E-state index in [9.17, 15) is 0 Å². The highest BCUT2D eigenvalue weighted by atomic mass is 79.9. The molecule has 0 radical (unpaired) electrons. The molecule has 2 heterocycles. The molecule has 2 aliphatic rings. The Morgan fingerprint density at radius 2 is 2.05 bits per heavy atom. The van der Waals surface area contributed by atoms with Gasteiger partial charge in [0.1, 0.15) is 11.9 Å². The van der Waals surface area contributed by atoms with Crippen LogP contribution in [0.1, 0.15) is 13.8 Å². The van der Waals surface area contributed by atoms with Gasteiger partial charge in [-0.2, -0.15) is 0 Å². The van der Waals surface area contributed by atoms with Crippen LogP contribution < -0.4 is 10.5 Å². The zero-order valence-corrected chi connectivity index (χ0v) is 13.0. The number of rotatable bonds is 3. The summed E-state index contributed by atoms with van der Waals surface area (Å²) in [6, 6.07) is 7.67. The summed E-state index contributed by atoms with van der Waals surface area (Å²) in [5.41, 5.74) is 5.76. The molecule has 0 saturated carbocycles. The molecule has 4 atom stereocenters. The topological polar surface area (TPSA) is 62.9 Å². The van der Waals surface area contributed by atoms with Gasteiger partial charge in [0.05, 0.1) is 4.47 Å². The van der Waals surface area contributed by atoms with E-state index in [2.05, 4.69) is 15.9 Å². The van der Waals surface area contributed by atoms with Crippen molar-refractivity contribution in [2.45, 2.75) is 44.2 Å². The van der Waals surface area contributed by atoms with E-state index in [-0.39, 0.29) is 18.3 Å². The number of hydrogen-bond donors (Lipinski definition) is 1. The molecule has 2 N–H and O–H groups in total. The molecule has 5 nitrogen and oxygen atoms in total. The first-order valence-electron chi connectivity index (χ1n) is 6.62. The van der Waals surface area contributed by atoms with Crippen molar-refractivity contribution in [3.63, 3.8) is 0 Å². The first-order valence-corrected chi connectivity index (χ1v) is 7.42. The minimum atomic E-state index is -0.662. The van der Waals surface area contributed by atoms with Crippen molar-refractivity contribution >= 4 is 15.9 Å². The zero-order valence-electron chi connectivity index (χ0n) is 11.4.